The molecule has 0 aliphatic carbocycles. The highest BCUT2D eigenvalue weighted by atomic mass is 16.5. The number of β-amino-alcohol motifs (C(OH)–C–C–N with tert-alkyl or cyclic N) is 1. The summed E-state index contributed by atoms with van der Waals surface area (Å²) in [5.41, 5.74) is 1.52. The van der Waals surface area contributed by atoms with Crippen LogP contribution in [0.3, 0.4) is 0 Å². The van der Waals surface area contributed by atoms with Crippen molar-refractivity contribution >= 4 is 5.91 Å². The summed E-state index contributed by atoms with van der Waals surface area (Å²) < 4.78 is 5.30. The number of morpholine rings is 1. The van der Waals surface area contributed by atoms with Gasteiger partial charge in [0.25, 0.3) is 5.91 Å². The molecular weight excluding hydrogens is 294 g/mol. The maximum absolute atomic E-state index is 12.6. The van der Waals surface area contributed by atoms with Crippen LogP contribution in [0.25, 0.3) is 0 Å². The SMILES string of the molecule is O=C(c1cccc([C@H]2CCCN(CCO)C2)n1)N1CCOCC1. The number of rotatable bonds is 4. The van der Waals surface area contributed by atoms with Crippen molar-refractivity contribution in [2.24, 2.45) is 0 Å². The smallest absolute Gasteiger partial charge is 0.272 e. The minimum Gasteiger partial charge on any atom is -0.395 e. The second-order valence-corrected chi connectivity index (χ2v) is 6.22. The number of likely N-dealkylation sites (tertiary alicyclic amines) is 1. The van der Waals surface area contributed by atoms with Crippen molar-refractivity contribution < 1.29 is 14.6 Å². The number of hydrogen-bond acceptors (Lipinski definition) is 5. The molecule has 3 heterocycles. The number of carbonyl (C=O) groups excluding carboxylic acids is 1. The number of piperidine rings is 1. The third-order valence-electron chi connectivity index (χ3n) is 4.63. The second-order valence-electron chi connectivity index (χ2n) is 6.22. The molecule has 6 heteroatoms. The summed E-state index contributed by atoms with van der Waals surface area (Å²) in [5, 5.41) is 9.12. The molecule has 0 spiro atoms. The zero-order chi connectivity index (χ0) is 16.1. The summed E-state index contributed by atoms with van der Waals surface area (Å²) in [6.45, 7) is 5.32. The molecule has 126 valence electrons. The predicted octanol–water partition coefficient (Wildman–Crippen LogP) is 0.726. The number of carbonyl (C=O) groups is 1. The van der Waals surface area contributed by atoms with E-state index in [4.69, 9.17) is 9.84 Å². The predicted molar refractivity (Wildman–Crippen MR) is 86.5 cm³/mol. The Morgan fingerprint density at radius 2 is 2.13 bits per heavy atom. The topological polar surface area (TPSA) is 65.9 Å². The highest BCUT2D eigenvalue weighted by Gasteiger charge is 2.24. The van der Waals surface area contributed by atoms with Gasteiger partial charge in [-0.25, -0.2) is 4.98 Å². The van der Waals surface area contributed by atoms with E-state index >= 15 is 0 Å². The Labute approximate surface area is 137 Å². The van der Waals surface area contributed by atoms with E-state index in [9.17, 15) is 4.79 Å². The highest BCUT2D eigenvalue weighted by molar-refractivity contribution is 5.92. The van der Waals surface area contributed by atoms with Gasteiger partial charge in [0.2, 0.25) is 0 Å². The summed E-state index contributed by atoms with van der Waals surface area (Å²) >= 11 is 0. The molecule has 0 bridgehead atoms. The van der Waals surface area contributed by atoms with Gasteiger partial charge in [-0.05, 0) is 31.5 Å². The number of hydrogen-bond donors (Lipinski definition) is 1. The molecule has 6 nitrogen and oxygen atoms in total. The number of aliphatic hydroxyl groups is 1. The fourth-order valence-corrected chi connectivity index (χ4v) is 3.37. The van der Waals surface area contributed by atoms with Gasteiger partial charge in [-0.2, -0.15) is 0 Å². The van der Waals surface area contributed by atoms with E-state index in [0.717, 1.165) is 31.6 Å². The van der Waals surface area contributed by atoms with E-state index in [2.05, 4.69) is 9.88 Å². The lowest BCUT2D eigenvalue weighted by Crippen LogP contribution is -2.41. The van der Waals surface area contributed by atoms with Gasteiger partial charge >= 0.3 is 0 Å². The first-order chi connectivity index (χ1) is 11.3. The van der Waals surface area contributed by atoms with Crippen molar-refractivity contribution in [1.82, 2.24) is 14.8 Å². The Balaban J connectivity index is 1.70. The average molecular weight is 319 g/mol. The molecule has 0 unspecified atom stereocenters. The third kappa shape index (κ3) is 4.07. The molecule has 0 radical (unpaired) electrons. The van der Waals surface area contributed by atoms with E-state index < -0.39 is 0 Å². The molecule has 1 N–H and O–H groups in total. The van der Waals surface area contributed by atoms with E-state index in [0.29, 0.717) is 44.5 Å². The van der Waals surface area contributed by atoms with Crippen LogP contribution < -0.4 is 0 Å². The summed E-state index contributed by atoms with van der Waals surface area (Å²) in [6, 6.07) is 5.75. The Morgan fingerprint density at radius 3 is 2.91 bits per heavy atom. The van der Waals surface area contributed by atoms with E-state index in [1.807, 2.05) is 17.0 Å². The molecule has 23 heavy (non-hydrogen) atoms. The molecule has 1 aromatic rings. The van der Waals surface area contributed by atoms with Crippen LogP contribution in [0.5, 0.6) is 0 Å². The van der Waals surface area contributed by atoms with Crippen molar-refractivity contribution in [3.63, 3.8) is 0 Å². The van der Waals surface area contributed by atoms with Gasteiger partial charge in [-0.15, -0.1) is 0 Å². The number of aromatic nitrogens is 1. The minimum absolute atomic E-state index is 0.00169. The summed E-state index contributed by atoms with van der Waals surface area (Å²) in [7, 11) is 0. The Bertz CT molecular complexity index is 530. The van der Waals surface area contributed by atoms with Crippen molar-refractivity contribution in [2.45, 2.75) is 18.8 Å². The lowest BCUT2D eigenvalue weighted by atomic mass is 9.94. The summed E-state index contributed by atoms with van der Waals surface area (Å²) in [5.74, 6) is 0.339. The molecule has 2 aliphatic rings. The molecule has 1 aromatic heterocycles. The lowest BCUT2D eigenvalue weighted by molar-refractivity contribution is 0.0298. The van der Waals surface area contributed by atoms with Gasteiger partial charge in [0.1, 0.15) is 5.69 Å². The average Bonchev–Trinajstić information content (AvgIpc) is 2.62. The number of nitrogens with zero attached hydrogens (tertiary/aromatic N) is 3. The van der Waals surface area contributed by atoms with Gasteiger partial charge < -0.3 is 19.6 Å². The van der Waals surface area contributed by atoms with Gasteiger partial charge in [-0.3, -0.25) is 4.79 Å². The van der Waals surface area contributed by atoms with Crippen molar-refractivity contribution in [2.75, 3.05) is 52.5 Å². The molecule has 0 aromatic carbocycles. The fraction of sp³-hybridized carbons (Fsp3) is 0.647. The van der Waals surface area contributed by atoms with Crippen LogP contribution in [0.2, 0.25) is 0 Å². The quantitative estimate of drug-likeness (QED) is 0.886. The standard InChI is InChI=1S/C17H25N3O3/c21-10-7-19-6-2-3-14(13-19)15-4-1-5-16(18-15)17(22)20-8-11-23-12-9-20/h1,4-5,14,21H,2-3,6-13H2/t14-/m0/s1. The van der Waals surface area contributed by atoms with Crippen molar-refractivity contribution in [3.05, 3.63) is 29.6 Å². The molecular formula is C17H25N3O3. The molecule has 0 saturated carbocycles. The first kappa shape index (κ1) is 16.4. The molecule has 2 saturated heterocycles. The van der Waals surface area contributed by atoms with Crippen LogP contribution in [-0.2, 0) is 4.74 Å². The fourth-order valence-electron chi connectivity index (χ4n) is 3.37. The van der Waals surface area contributed by atoms with Crippen LogP contribution in [0.1, 0.15) is 34.9 Å². The zero-order valence-corrected chi connectivity index (χ0v) is 13.5. The van der Waals surface area contributed by atoms with Crippen LogP contribution >= 0.6 is 0 Å². The molecule has 3 rings (SSSR count). The van der Waals surface area contributed by atoms with E-state index in [-0.39, 0.29) is 12.5 Å². The Morgan fingerprint density at radius 1 is 1.30 bits per heavy atom. The lowest BCUT2D eigenvalue weighted by Gasteiger charge is -2.32. The van der Waals surface area contributed by atoms with Gasteiger partial charge in [0.15, 0.2) is 0 Å². The van der Waals surface area contributed by atoms with Crippen LogP contribution in [-0.4, -0.2) is 78.3 Å². The maximum atomic E-state index is 12.6. The number of aliphatic hydroxyl groups excluding tert-OH is 1. The highest BCUT2D eigenvalue weighted by Crippen LogP contribution is 2.25. The first-order valence-corrected chi connectivity index (χ1v) is 8.45. The Hall–Kier alpha value is -1.50. The monoisotopic (exact) mass is 319 g/mol. The summed E-state index contributed by atoms with van der Waals surface area (Å²) in [6.07, 6.45) is 2.19. The van der Waals surface area contributed by atoms with Crippen molar-refractivity contribution in [1.29, 1.82) is 0 Å². The van der Waals surface area contributed by atoms with Gasteiger partial charge in [-0.1, -0.05) is 6.07 Å². The van der Waals surface area contributed by atoms with Gasteiger partial charge in [0, 0.05) is 37.8 Å². The van der Waals surface area contributed by atoms with Crippen LogP contribution in [0.4, 0.5) is 0 Å². The third-order valence-corrected chi connectivity index (χ3v) is 4.63. The molecule has 2 aliphatic heterocycles. The number of pyridine rings is 1. The number of amides is 1. The Kier molecular flexibility index (Phi) is 5.59. The van der Waals surface area contributed by atoms with Crippen molar-refractivity contribution in [3.8, 4) is 0 Å². The molecule has 2 fully saturated rings. The zero-order valence-electron chi connectivity index (χ0n) is 13.5. The summed E-state index contributed by atoms with van der Waals surface area (Å²) in [4.78, 5) is 21.3. The van der Waals surface area contributed by atoms with Crippen LogP contribution in [0, 0.1) is 0 Å². The second kappa shape index (κ2) is 7.86. The van der Waals surface area contributed by atoms with E-state index in [1.54, 1.807) is 6.07 Å². The maximum Gasteiger partial charge on any atom is 0.272 e. The minimum atomic E-state index is -0.00169. The first-order valence-electron chi connectivity index (χ1n) is 8.45. The normalized spacial score (nSPS) is 23.0. The largest absolute Gasteiger partial charge is 0.395 e. The molecule has 1 amide bonds. The van der Waals surface area contributed by atoms with E-state index in [1.165, 1.54) is 0 Å². The molecule has 1 atom stereocenters. The van der Waals surface area contributed by atoms with Gasteiger partial charge in [0.05, 0.1) is 19.8 Å². The number of ether oxygens (including phenoxy) is 1. The van der Waals surface area contributed by atoms with Crippen LogP contribution in [0.15, 0.2) is 18.2 Å².